The number of halogens is 3. The van der Waals surface area contributed by atoms with Gasteiger partial charge < -0.3 is 15.0 Å². The maximum Gasteiger partial charge on any atom is 0.338 e. The number of ether oxygens (including phenoxy) is 1. The molecule has 3 rings (SSSR count). The van der Waals surface area contributed by atoms with Gasteiger partial charge >= 0.3 is 5.97 Å². The summed E-state index contributed by atoms with van der Waals surface area (Å²) >= 11 is 0. The van der Waals surface area contributed by atoms with E-state index in [2.05, 4.69) is 0 Å². The van der Waals surface area contributed by atoms with Gasteiger partial charge in [-0.05, 0) is 49.7 Å². The molecule has 1 aliphatic heterocycles. The van der Waals surface area contributed by atoms with Crippen LogP contribution < -0.4 is 10.2 Å². The van der Waals surface area contributed by atoms with E-state index in [1.165, 1.54) is 19.1 Å². The second-order valence-electron chi connectivity index (χ2n) is 6.46. The lowest BCUT2D eigenvalue weighted by atomic mass is 10.2. The summed E-state index contributed by atoms with van der Waals surface area (Å²) in [6.07, 6.45) is -0.0715. The van der Waals surface area contributed by atoms with Crippen LogP contribution in [0.1, 0.15) is 30.1 Å². The zero-order valence-corrected chi connectivity index (χ0v) is 15.4. The lowest BCUT2D eigenvalue weighted by Gasteiger charge is -2.16. The van der Waals surface area contributed by atoms with Gasteiger partial charge in [-0.25, -0.2) is 18.0 Å². The summed E-state index contributed by atoms with van der Waals surface area (Å²) in [5.74, 6) is -6.37. The lowest BCUT2D eigenvalue weighted by molar-refractivity contribution is -0.123. The minimum atomic E-state index is -1.72. The molecule has 1 atom stereocenters. The Bertz CT molecular complexity index is 963. The molecule has 0 bridgehead atoms. The third-order valence-electron chi connectivity index (χ3n) is 4.43. The molecule has 9 heteroatoms. The molecule has 0 unspecified atom stereocenters. The van der Waals surface area contributed by atoms with Crippen molar-refractivity contribution in [3.05, 3.63) is 59.4 Å². The van der Waals surface area contributed by atoms with Crippen molar-refractivity contribution in [1.29, 1.82) is 0 Å². The fraction of sp³-hybridized carbons (Fsp3) is 0.250. The zero-order chi connectivity index (χ0) is 21.1. The highest BCUT2D eigenvalue weighted by Crippen LogP contribution is 2.22. The summed E-state index contributed by atoms with van der Waals surface area (Å²) in [6, 6.07) is 7.64. The van der Waals surface area contributed by atoms with Crippen molar-refractivity contribution in [2.75, 3.05) is 16.8 Å². The third-order valence-corrected chi connectivity index (χ3v) is 4.43. The first kappa shape index (κ1) is 20.4. The minimum Gasteiger partial charge on any atom is -0.449 e. The van der Waals surface area contributed by atoms with E-state index in [1.807, 2.05) is 5.32 Å². The summed E-state index contributed by atoms with van der Waals surface area (Å²) in [4.78, 5) is 37.6. The van der Waals surface area contributed by atoms with E-state index in [0.29, 0.717) is 24.7 Å². The van der Waals surface area contributed by atoms with E-state index in [9.17, 15) is 27.6 Å². The highest BCUT2D eigenvalue weighted by Gasteiger charge is 2.24. The second kappa shape index (κ2) is 8.34. The Hall–Kier alpha value is -3.36. The number of esters is 1. The average Bonchev–Trinajstić information content (AvgIpc) is 3.14. The number of benzene rings is 2. The summed E-state index contributed by atoms with van der Waals surface area (Å²) in [6.45, 7) is 1.86. The highest BCUT2D eigenvalue weighted by atomic mass is 19.2. The van der Waals surface area contributed by atoms with Crippen LogP contribution in [0.2, 0.25) is 0 Å². The van der Waals surface area contributed by atoms with Crippen LogP contribution >= 0.6 is 0 Å². The SMILES string of the molecule is C[C@@H](OC(=O)c1ccc(N2CCCC2=O)cc1)C(=O)Nc1ccc(F)c(F)c1F. The van der Waals surface area contributed by atoms with Crippen molar-refractivity contribution >= 4 is 29.2 Å². The molecule has 1 fully saturated rings. The van der Waals surface area contributed by atoms with Crippen LogP contribution in [0.5, 0.6) is 0 Å². The second-order valence-corrected chi connectivity index (χ2v) is 6.46. The monoisotopic (exact) mass is 406 g/mol. The number of amides is 2. The van der Waals surface area contributed by atoms with Crippen LogP contribution in [0.4, 0.5) is 24.5 Å². The molecule has 0 saturated carbocycles. The van der Waals surface area contributed by atoms with Crippen LogP contribution in [0.3, 0.4) is 0 Å². The third kappa shape index (κ3) is 4.39. The van der Waals surface area contributed by atoms with E-state index in [-0.39, 0.29) is 11.5 Å². The average molecular weight is 406 g/mol. The lowest BCUT2D eigenvalue weighted by Crippen LogP contribution is -2.30. The van der Waals surface area contributed by atoms with Crippen LogP contribution in [0.15, 0.2) is 36.4 Å². The molecule has 1 heterocycles. The quantitative estimate of drug-likeness (QED) is 0.610. The van der Waals surface area contributed by atoms with E-state index in [0.717, 1.165) is 12.5 Å². The van der Waals surface area contributed by atoms with E-state index in [1.54, 1.807) is 17.0 Å². The molecule has 2 amide bonds. The van der Waals surface area contributed by atoms with Crippen molar-refractivity contribution in [2.24, 2.45) is 0 Å². The van der Waals surface area contributed by atoms with E-state index < -0.39 is 41.1 Å². The van der Waals surface area contributed by atoms with Crippen molar-refractivity contribution in [3.8, 4) is 0 Å². The first-order chi connectivity index (χ1) is 13.8. The van der Waals surface area contributed by atoms with Gasteiger partial charge in [0.25, 0.3) is 5.91 Å². The molecule has 0 aliphatic carbocycles. The topological polar surface area (TPSA) is 75.7 Å². The first-order valence-corrected chi connectivity index (χ1v) is 8.83. The van der Waals surface area contributed by atoms with Gasteiger partial charge in [-0.2, -0.15) is 0 Å². The summed E-state index contributed by atoms with van der Waals surface area (Å²) in [7, 11) is 0. The molecule has 0 radical (unpaired) electrons. The van der Waals surface area contributed by atoms with Gasteiger partial charge in [0.05, 0.1) is 11.3 Å². The minimum absolute atomic E-state index is 0.00934. The molecule has 6 nitrogen and oxygen atoms in total. The Morgan fingerprint density at radius 3 is 2.38 bits per heavy atom. The maximum atomic E-state index is 13.6. The Labute approximate surface area is 164 Å². The van der Waals surface area contributed by atoms with Crippen molar-refractivity contribution in [1.82, 2.24) is 0 Å². The molecule has 152 valence electrons. The fourth-order valence-electron chi connectivity index (χ4n) is 2.84. The summed E-state index contributed by atoms with van der Waals surface area (Å²) in [5, 5.41) is 2.04. The van der Waals surface area contributed by atoms with Crippen molar-refractivity contribution in [2.45, 2.75) is 25.9 Å². The Kier molecular flexibility index (Phi) is 5.86. The predicted molar refractivity (Wildman–Crippen MR) is 97.9 cm³/mol. The van der Waals surface area contributed by atoms with Crippen LogP contribution in [0.25, 0.3) is 0 Å². The Balaban J connectivity index is 1.62. The molecule has 1 saturated heterocycles. The number of nitrogens with zero attached hydrogens (tertiary/aromatic N) is 1. The van der Waals surface area contributed by atoms with Gasteiger partial charge in [0.1, 0.15) is 0 Å². The molecule has 0 aromatic heterocycles. The van der Waals surface area contributed by atoms with Crippen LogP contribution in [-0.4, -0.2) is 30.4 Å². The Morgan fingerprint density at radius 2 is 1.76 bits per heavy atom. The van der Waals surface area contributed by atoms with Crippen LogP contribution in [0, 0.1) is 17.5 Å². The predicted octanol–water partition coefficient (Wildman–Crippen LogP) is 3.41. The van der Waals surface area contributed by atoms with E-state index >= 15 is 0 Å². The molecular formula is C20H17F3N2O4. The van der Waals surface area contributed by atoms with Gasteiger partial charge in [0.15, 0.2) is 23.6 Å². The number of nitrogens with one attached hydrogen (secondary N) is 1. The smallest absolute Gasteiger partial charge is 0.338 e. The number of hydrogen-bond donors (Lipinski definition) is 1. The van der Waals surface area contributed by atoms with Gasteiger partial charge in [0, 0.05) is 18.7 Å². The first-order valence-electron chi connectivity index (χ1n) is 8.83. The van der Waals surface area contributed by atoms with Gasteiger partial charge in [-0.3, -0.25) is 9.59 Å². The fourth-order valence-corrected chi connectivity index (χ4v) is 2.84. The highest BCUT2D eigenvalue weighted by molar-refractivity contribution is 5.98. The molecule has 1 N–H and O–H groups in total. The number of carbonyl (C=O) groups excluding carboxylic acids is 3. The number of carbonyl (C=O) groups is 3. The molecule has 29 heavy (non-hydrogen) atoms. The van der Waals surface area contributed by atoms with Gasteiger partial charge in [-0.1, -0.05) is 0 Å². The van der Waals surface area contributed by atoms with Crippen molar-refractivity contribution < 1.29 is 32.3 Å². The Morgan fingerprint density at radius 1 is 1.07 bits per heavy atom. The largest absolute Gasteiger partial charge is 0.449 e. The molecular weight excluding hydrogens is 389 g/mol. The number of hydrogen-bond acceptors (Lipinski definition) is 4. The summed E-state index contributed by atoms with van der Waals surface area (Å²) < 4.78 is 44.8. The normalized spacial score (nSPS) is 14.6. The standard InChI is InChI=1S/C20H17F3N2O4/c1-11(19(27)24-15-9-8-14(21)17(22)18(15)23)29-20(28)12-4-6-13(7-5-12)25-10-2-3-16(25)26/h4-9,11H,2-3,10H2,1H3,(H,24,27)/t11-/m1/s1. The van der Waals surface area contributed by atoms with Crippen LogP contribution in [-0.2, 0) is 14.3 Å². The van der Waals surface area contributed by atoms with Gasteiger partial charge in [0.2, 0.25) is 5.91 Å². The molecule has 2 aromatic carbocycles. The molecule has 1 aliphatic rings. The maximum absolute atomic E-state index is 13.6. The van der Waals surface area contributed by atoms with Crippen molar-refractivity contribution in [3.63, 3.8) is 0 Å². The molecule has 0 spiro atoms. The zero-order valence-electron chi connectivity index (χ0n) is 15.4. The number of rotatable bonds is 5. The number of anilines is 2. The van der Waals surface area contributed by atoms with E-state index in [4.69, 9.17) is 4.74 Å². The molecule has 2 aromatic rings. The summed E-state index contributed by atoms with van der Waals surface area (Å²) in [5.41, 5.74) is 0.235. The van der Waals surface area contributed by atoms with Gasteiger partial charge in [-0.15, -0.1) is 0 Å².